The molecule has 0 unspecified atom stereocenters. The minimum Gasteiger partial charge on any atom is -0.445 e. The molecule has 5 nitrogen and oxygen atoms in total. The Hall–Kier alpha value is -2.36. The van der Waals surface area contributed by atoms with Crippen LogP contribution in [0.25, 0.3) is 0 Å². The van der Waals surface area contributed by atoms with E-state index >= 15 is 0 Å². The average molecular weight is 316 g/mol. The molecule has 114 valence electrons. The summed E-state index contributed by atoms with van der Waals surface area (Å²) >= 11 is 1.39. The van der Waals surface area contributed by atoms with Gasteiger partial charge in [-0.25, -0.2) is 9.78 Å². The van der Waals surface area contributed by atoms with Crippen LogP contribution in [0.1, 0.15) is 22.7 Å². The van der Waals surface area contributed by atoms with Gasteiger partial charge in [-0.3, -0.25) is 0 Å². The number of thiazole rings is 1. The molecule has 22 heavy (non-hydrogen) atoms. The first-order valence-electron chi connectivity index (χ1n) is 6.76. The molecule has 2 N–H and O–H groups in total. The summed E-state index contributed by atoms with van der Waals surface area (Å²) in [5.74, 6) is 5.80. The van der Waals surface area contributed by atoms with Gasteiger partial charge in [0.1, 0.15) is 6.61 Å². The number of aliphatic hydroxyl groups excluding tert-OH is 1. The van der Waals surface area contributed by atoms with Crippen molar-refractivity contribution in [3.8, 4) is 11.8 Å². The van der Waals surface area contributed by atoms with E-state index in [1.54, 1.807) is 5.38 Å². The number of benzene rings is 1. The number of carbonyl (C=O) groups excluding carboxylic acids is 1. The number of amides is 1. The second-order valence-electron chi connectivity index (χ2n) is 4.34. The van der Waals surface area contributed by atoms with Crippen LogP contribution in [0.2, 0.25) is 0 Å². The molecule has 0 aliphatic rings. The highest BCUT2D eigenvalue weighted by atomic mass is 32.1. The van der Waals surface area contributed by atoms with Crippen LogP contribution < -0.4 is 5.32 Å². The smallest absolute Gasteiger partial charge is 0.407 e. The van der Waals surface area contributed by atoms with Crippen LogP contribution in [0, 0.1) is 11.8 Å². The molecule has 0 atom stereocenters. The van der Waals surface area contributed by atoms with E-state index in [1.165, 1.54) is 11.3 Å². The first-order valence-corrected chi connectivity index (χ1v) is 7.64. The Labute approximate surface area is 133 Å². The summed E-state index contributed by atoms with van der Waals surface area (Å²) in [7, 11) is 0. The Kier molecular flexibility index (Phi) is 6.42. The zero-order valence-corrected chi connectivity index (χ0v) is 12.7. The Morgan fingerprint density at radius 2 is 2.18 bits per heavy atom. The van der Waals surface area contributed by atoms with Crippen LogP contribution in [-0.4, -0.2) is 22.7 Å². The predicted octanol–water partition coefficient (Wildman–Crippen LogP) is 2.30. The van der Waals surface area contributed by atoms with Gasteiger partial charge in [-0.15, -0.1) is 11.3 Å². The lowest BCUT2D eigenvalue weighted by atomic mass is 10.2. The number of alkyl carbamates (subject to hydrolysis) is 1. The van der Waals surface area contributed by atoms with Gasteiger partial charge < -0.3 is 15.2 Å². The van der Waals surface area contributed by atoms with Crippen molar-refractivity contribution in [2.75, 3.05) is 6.54 Å². The van der Waals surface area contributed by atoms with Crippen LogP contribution in [0.5, 0.6) is 0 Å². The summed E-state index contributed by atoms with van der Waals surface area (Å²) in [6, 6.07) is 9.50. The third-order valence-electron chi connectivity index (χ3n) is 2.64. The zero-order chi connectivity index (χ0) is 15.6. The zero-order valence-electron chi connectivity index (χ0n) is 11.9. The molecule has 1 amide bonds. The number of nitrogens with one attached hydrogen (secondary N) is 1. The largest absolute Gasteiger partial charge is 0.445 e. The molecule has 0 saturated carbocycles. The second-order valence-corrected chi connectivity index (χ2v) is 5.20. The second kappa shape index (κ2) is 8.82. The lowest BCUT2D eigenvalue weighted by molar-refractivity contribution is 0.140. The van der Waals surface area contributed by atoms with Gasteiger partial charge in [0.15, 0.2) is 5.01 Å². The molecule has 2 aromatic rings. The monoisotopic (exact) mass is 316 g/mol. The molecule has 1 aromatic heterocycles. The fraction of sp³-hybridized carbons (Fsp3) is 0.250. The number of ether oxygens (including phenoxy) is 1. The Morgan fingerprint density at radius 1 is 1.36 bits per heavy atom. The van der Waals surface area contributed by atoms with Gasteiger partial charge in [0, 0.05) is 18.3 Å². The first kappa shape index (κ1) is 16.0. The molecule has 0 aliphatic carbocycles. The Morgan fingerprint density at radius 3 is 2.91 bits per heavy atom. The van der Waals surface area contributed by atoms with E-state index in [2.05, 4.69) is 22.1 Å². The fourth-order valence-corrected chi connectivity index (χ4v) is 2.25. The van der Waals surface area contributed by atoms with Crippen molar-refractivity contribution in [1.82, 2.24) is 10.3 Å². The van der Waals surface area contributed by atoms with Gasteiger partial charge in [-0.05, 0) is 11.5 Å². The Balaban J connectivity index is 1.63. The first-order chi connectivity index (χ1) is 10.8. The highest BCUT2D eigenvalue weighted by Crippen LogP contribution is 2.07. The van der Waals surface area contributed by atoms with Crippen molar-refractivity contribution in [3.05, 3.63) is 52.0 Å². The molecule has 6 heteroatoms. The van der Waals surface area contributed by atoms with Crippen LogP contribution in [0.4, 0.5) is 4.79 Å². The molecular weight excluding hydrogens is 300 g/mol. The molecule has 1 aromatic carbocycles. The van der Waals surface area contributed by atoms with Crippen molar-refractivity contribution in [2.45, 2.75) is 19.6 Å². The van der Waals surface area contributed by atoms with Gasteiger partial charge in [0.2, 0.25) is 0 Å². The number of nitrogens with zero attached hydrogens (tertiary/aromatic N) is 1. The van der Waals surface area contributed by atoms with Gasteiger partial charge in [0.05, 0.1) is 12.3 Å². The standard InChI is InChI=1S/C16H16N2O3S/c19-10-14-12-22-15(18-14)8-4-5-9-17-16(20)21-11-13-6-2-1-3-7-13/h1-3,6-7,12,19H,5,9-11H2,(H,17,20). The highest BCUT2D eigenvalue weighted by molar-refractivity contribution is 7.10. The van der Waals surface area contributed by atoms with Crippen LogP contribution in [0.3, 0.4) is 0 Å². The normalized spacial score (nSPS) is 9.68. The van der Waals surface area contributed by atoms with Crippen molar-refractivity contribution < 1.29 is 14.6 Å². The average Bonchev–Trinajstić information content (AvgIpc) is 3.01. The van der Waals surface area contributed by atoms with E-state index in [4.69, 9.17) is 9.84 Å². The summed E-state index contributed by atoms with van der Waals surface area (Å²) in [4.78, 5) is 15.6. The van der Waals surface area contributed by atoms with Crippen molar-refractivity contribution in [3.63, 3.8) is 0 Å². The minimum absolute atomic E-state index is 0.0764. The number of aliphatic hydroxyl groups is 1. The molecule has 1 heterocycles. The molecule has 0 radical (unpaired) electrons. The quantitative estimate of drug-likeness (QED) is 0.656. The highest BCUT2D eigenvalue weighted by Gasteiger charge is 2.01. The maximum atomic E-state index is 11.5. The van der Waals surface area contributed by atoms with Crippen LogP contribution in [-0.2, 0) is 18.0 Å². The van der Waals surface area contributed by atoms with E-state index in [0.29, 0.717) is 23.7 Å². The van der Waals surface area contributed by atoms with Gasteiger partial charge in [-0.1, -0.05) is 36.3 Å². The van der Waals surface area contributed by atoms with Gasteiger partial charge in [-0.2, -0.15) is 0 Å². The van der Waals surface area contributed by atoms with Crippen molar-refractivity contribution in [1.29, 1.82) is 0 Å². The van der Waals surface area contributed by atoms with E-state index in [0.717, 1.165) is 5.56 Å². The number of carbonyl (C=O) groups is 1. The lowest BCUT2D eigenvalue weighted by Gasteiger charge is -2.05. The molecule has 2 rings (SSSR count). The minimum atomic E-state index is -0.456. The number of aromatic nitrogens is 1. The van der Waals surface area contributed by atoms with Crippen molar-refractivity contribution >= 4 is 17.4 Å². The fourth-order valence-electron chi connectivity index (χ4n) is 1.58. The molecule has 0 aliphatic heterocycles. The van der Waals surface area contributed by atoms with Crippen LogP contribution in [0.15, 0.2) is 35.7 Å². The van der Waals surface area contributed by atoms with Crippen molar-refractivity contribution in [2.24, 2.45) is 0 Å². The van der Waals surface area contributed by atoms with E-state index in [1.807, 2.05) is 30.3 Å². The number of rotatable bonds is 5. The predicted molar refractivity (Wildman–Crippen MR) is 84.2 cm³/mol. The molecule has 0 spiro atoms. The summed E-state index contributed by atoms with van der Waals surface area (Å²) < 4.78 is 5.07. The third-order valence-corrected chi connectivity index (χ3v) is 3.45. The third kappa shape index (κ3) is 5.56. The Bertz CT molecular complexity index is 659. The van der Waals surface area contributed by atoms with E-state index < -0.39 is 6.09 Å². The maximum Gasteiger partial charge on any atom is 0.407 e. The summed E-state index contributed by atoms with van der Waals surface area (Å²) in [6.07, 6.45) is 0.0524. The molecule has 0 saturated heterocycles. The number of hydrogen-bond acceptors (Lipinski definition) is 5. The number of hydrogen-bond donors (Lipinski definition) is 2. The van der Waals surface area contributed by atoms with Gasteiger partial charge in [0.25, 0.3) is 0 Å². The summed E-state index contributed by atoms with van der Waals surface area (Å²) in [5, 5.41) is 14.0. The summed E-state index contributed by atoms with van der Waals surface area (Å²) in [5.41, 5.74) is 1.57. The molecule has 0 fully saturated rings. The van der Waals surface area contributed by atoms with Gasteiger partial charge >= 0.3 is 6.09 Å². The molecule has 0 bridgehead atoms. The van der Waals surface area contributed by atoms with Crippen LogP contribution >= 0.6 is 11.3 Å². The topological polar surface area (TPSA) is 71.5 Å². The van der Waals surface area contributed by atoms with E-state index in [9.17, 15) is 4.79 Å². The maximum absolute atomic E-state index is 11.5. The molecular formula is C16H16N2O3S. The lowest BCUT2D eigenvalue weighted by Crippen LogP contribution is -2.24. The SMILES string of the molecule is O=C(NCCC#Cc1nc(CO)cs1)OCc1ccccc1. The summed E-state index contributed by atoms with van der Waals surface area (Å²) in [6.45, 7) is 0.591. The van der Waals surface area contributed by atoms with E-state index in [-0.39, 0.29) is 13.2 Å².